The monoisotopic (exact) mass is 184 g/mol. The van der Waals surface area contributed by atoms with Gasteiger partial charge in [-0.2, -0.15) is 0 Å². The molecule has 0 aliphatic rings. The molecule has 0 spiro atoms. The highest BCUT2D eigenvalue weighted by molar-refractivity contribution is 6.32. The summed E-state index contributed by atoms with van der Waals surface area (Å²) in [5, 5.41) is 0.689. The number of benzene rings is 1. The van der Waals surface area contributed by atoms with E-state index >= 15 is 0 Å². The topological polar surface area (TPSA) is 9.23 Å². The molecule has 0 aliphatic carbocycles. The lowest BCUT2D eigenvalue weighted by molar-refractivity contribution is 0.309. The molecule has 0 heterocycles. The Kier molecular flexibility index (Phi) is 3.95. The molecule has 2 heteroatoms. The van der Waals surface area contributed by atoms with Crippen LogP contribution < -0.4 is 4.74 Å². The number of ether oxygens (including phenoxy) is 1. The van der Waals surface area contributed by atoms with Crippen LogP contribution >= 0.6 is 11.6 Å². The molecule has 66 valence electrons. The standard InChI is InChI=1S/C10H13ClO/c1-2-3-8-12-10-7-5-4-6-9(10)11/h4-7H,2-3,8H2,1H3. The summed E-state index contributed by atoms with van der Waals surface area (Å²) in [4.78, 5) is 0. The van der Waals surface area contributed by atoms with Gasteiger partial charge in [-0.3, -0.25) is 0 Å². The third kappa shape index (κ3) is 2.74. The van der Waals surface area contributed by atoms with Gasteiger partial charge in [-0.25, -0.2) is 0 Å². The van der Waals surface area contributed by atoms with Gasteiger partial charge in [0.2, 0.25) is 0 Å². The van der Waals surface area contributed by atoms with Crippen LogP contribution in [0.1, 0.15) is 19.8 Å². The van der Waals surface area contributed by atoms with Crippen LogP contribution in [-0.4, -0.2) is 6.61 Å². The Bertz CT molecular complexity index is 235. The molecule has 0 fully saturated rings. The number of para-hydroxylation sites is 1. The minimum atomic E-state index is 0.689. The highest BCUT2D eigenvalue weighted by Crippen LogP contribution is 2.23. The largest absolute Gasteiger partial charge is 0.492 e. The van der Waals surface area contributed by atoms with Crippen molar-refractivity contribution in [1.29, 1.82) is 0 Å². The van der Waals surface area contributed by atoms with Gasteiger partial charge >= 0.3 is 0 Å². The summed E-state index contributed by atoms with van der Waals surface area (Å²) in [5.41, 5.74) is 0. The summed E-state index contributed by atoms with van der Waals surface area (Å²) in [6.07, 6.45) is 2.22. The summed E-state index contributed by atoms with van der Waals surface area (Å²) in [7, 11) is 0. The lowest BCUT2D eigenvalue weighted by Gasteiger charge is -2.05. The molecule has 1 aromatic carbocycles. The molecule has 0 amide bonds. The Balaban J connectivity index is 2.46. The molecule has 0 N–H and O–H groups in total. The summed E-state index contributed by atoms with van der Waals surface area (Å²) in [5.74, 6) is 0.785. The smallest absolute Gasteiger partial charge is 0.137 e. The van der Waals surface area contributed by atoms with Crippen molar-refractivity contribution in [2.24, 2.45) is 0 Å². The molecule has 0 aromatic heterocycles. The first-order valence-electron chi connectivity index (χ1n) is 4.22. The molecule has 1 aromatic rings. The van der Waals surface area contributed by atoms with Gasteiger partial charge in [0.25, 0.3) is 0 Å². The highest BCUT2D eigenvalue weighted by atomic mass is 35.5. The summed E-state index contributed by atoms with van der Waals surface area (Å²) >= 11 is 5.88. The molecule has 12 heavy (non-hydrogen) atoms. The molecule has 0 saturated carbocycles. The average Bonchev–Trinajstić information content (AvgIpc) is 2.09. The van der Waals surface area contributed by atoms with Crippen molar-refractivity contribution in [3.8, 4) is 5.75 Å². The number of hydrogen-bond donors (Lipinski definition) is 0. The van der Waals surface area contributed by atoms with E-state index in [1.807, 2.05) is 24.3 Å². The second-order valence-corrected chi connectivity index (χ2v) is 3.04. The molecule has 0 unspecified atom stereocenters. The maximum atomic E-state index is 5.88. The first kappa shape index (κ1) is 9.40. The summed E-state index contributed by atoms with van der Waals surface area (Å²) in [6, 6.07) is 7.54. The van der Waals surface area contributed by atoms with Crippen molar-refractivity contribution >= 4 is 11.6 Å². The zero-order valence-corrected chi connectivity index (χ0v) is 7.97. The van der Waals surface area contributed by atoms with E-state index in [0.717, 1.165) is 25.2 Å². The van der Waals surface area contributed by atoms with Gasteiger partial charge in [0, 0.05) is 0 Å². The Morgan fingerprint density at radius 3 is 2.75 bits per heavy atom. The van der Waals surface area contributed by atoms with Gasteiger partial charge in [0.05, 0.1) is 11.6 Å². The SMILES string of the molecule is CCCCOc1ccccc1Cl. The van der Waals surface area contributed by atoms with Gasteiger partial charge in [-0.05, 0) is 18.6 Å². The first-order chi connectivity index (χ1) is 5.84. The molecule has 0 radical (unpaired) electrons. The van der Waals surface area contributed by atoms with E-state index in [2.05, 4.69) is 6.92 Å². The van der Waals surface area contributed by atoms with Gasteiger partial charge < -0.3 is 4.74 Å². The predicted molar refractivity (Wildman–Crippen MR) is 51.9 cm³/mol. The molecular formula is C10H13ClO. The maximum Gasteiger partial charge on any atom is 0.137 e. The quantitative estimate of drug-likeness (QED) is 0.651. The Labute approximate surface area is 78.3 Å². The molecule has 0 aliphatic heterocycles. The Hall–Kier alpha value is -0.690. The van der Waals surface area contributed by atoms with Crippen molar-refractivity contribution in [3.05, 3.63) is 29.3 Å². The van der Waals surface area contributed by atoms with E-state index < -0.39 is 0 Å². The Morgan fingerprint density at radius 1 is 1.33 bits per heavy atom. The van der Waals surface area contributed by atoms with Crippen molar-refractivity contribution in [3.63, 3.8) is 0 Å². The maximum absolute atomic E-state index is 5.88. The van der Waals surface area contributed by atoms with Crippen molar-refractivity contribution in [2.45, 2.75) is 19.8 Å². The van der Waals surface area contributed by atoms with Crippen molar-refractivity contribution in [2.75, 3.05) is 6.61 Å². The van der Waals surface area contributed by atoms with Crippen LogP contribution in [0.2, 0.25) is 5.02 Å². The second-order valence-electron chi connectivity index (χ2n) is 2.63. The zero-order valence-electron chi connectivity index (χ0n) is 7.22. The Morgan fingerprint density at radius 2 is 2.08 bits per heavy atom. The van der Waals surface area contributed by atoms with Gasteiger partial charge in [0.15, 0.2) is 0 Å². The lowest BCUT2D eigenvalue weighted by atomic mass is 10.3. The molecule has 1 nitrogen and oxygen atoms in total. The molecule has 1 rings (SSSR count). The fraction of sp³-hybridized carbons (Fsp3) is 0.400. The normalized spacial score (nSPS) is 9.83. The van der Waals surface area contributed by atoms with Gasteiger partial charge in [-0.15, -0.1) is 0 Å². The van der Waals surface area contributed by atoms with Crippen LogP contribution in [0.3, 0.4) is 0 Å². The minimum absolute atomic E-state index is 0.689. The van der Waals surface area contributed by atoms with E-state index in [0.29, 0.717) is 5.02 Å². The van der Waals surface area contributed by atoms with Gasteiger partial charge in [0.1, 0.15) is 5.75 Å². The van der Waals surface area contributed by atoms with Gasteiger partial charge in [-0.1, -0.05) is 37.1 Å². The predicted octanol–water partition coefficient (Wildman–Crippen LogP) is 3.52. The van der Waals surface area contributed by atoms with E-state index in [1.165, 1.54) is 0 Å². The summed E-state index contributed by atoms with van der Waals surface area (Å²) in [6.45, 7) is 2.89. The number of halogens is 1. The molecular weight excluding hydrogens is 172 g/mol. The zero-order chi connectivity index (χ0) is 8.81. The second kappa shape index (κ2) is 5.04. The minimum Gasteiger partial charge on any atom is -0.492 e. The average molecular weight is 185 g/mol. The fourth-order valence-corrected chi connectivity index (χ4v) is 1.08. The number of unbranched alkanes of at least 4 members (excludes halogenated alkanes) is 1. The van der Waals surface area contributed by atoms with Crippen LogP contribution in [0.5, 0.6) is 5.75 Å². The van der Waals surface area contributed by atoms with Crippen LogP contribution in [0.15, 0.2) is 24.3 Å². The number of rotatable bonds is 4. The summed E-state index contributed by atoms with van der Waals surface area (Å²) < 4.78 is 5.45. The van der Waals surface area contributed by atoms with E-state index in [-0.39, 0.29) is 0 Å². The van der Waals surface area contributed by atoms with Crippen LogP contribution in [-0.2, 0) is 0 Å². The third-order valence-corrected chi connectivity index (χ3v) is 1.90. The highest BCUT2D eigenvalue weighted by Gasteiger charge is 1.97. The fourth-order valence-electron chi connectivity index (χ4n) is 0.888. The van der Waals surface area contributed by atoms with E-state index in [1.54, 1.807) is 0 Å². The molecule has 0 atom stereocenters. The van der Waals surface area contributed by atoms with E-state index in [9.17, 15) is 0 Å². The van der Waals surface area contributed by atoms with Crippen molar-refractivity contribution in [1.82, 2.24) is 0 Å². The molecule has 0 saturated heterocycles. The van der Waals surface area contributed by atoms with Crippen LogP contribution in [0, 0.1) is 0 Å². The number of hydrogen-bond acceptors (Lipinski definition) is 1. The third-order valence-electron chi connectivity index (χ3n) is 1.59. The lowest BCUT2D eigenvalue weighted by Crippen LogP contribution is -1.96. The van der Waals surface area contributed by atoms with Crippen molar-refractivity contribution < 1.29 is 4.74 Å². The molecule has 0 bridgehead atoms. The van der Waals surface area contributed by atoms with Crippen LogP contribution in [0.25, 0.3) is 0 Å². The van der Waals surface area contributed by atoms with Crippen LogP contribution in [0.4, 0.5) is 0 Å². The van der Waals surface area contributed by atoms with E-state index in [4.69, 9.17) is 16.3 Å². The first-order valence-corrected chi connectivity index (χ1v) is 4.59.